The van der Waals surface area contributed by atoms with Crippen LogP contribution in [0.1, 0.15) is 50.6 Å². The van der Waals surface area contributed by atoms with Crippen molar-refractivity contribution in [2.45, 2.75) is 63.6 Å². The average Bonchev–Trinajstić information content (AvgIpc) is 3.77. The zero-order chi connectivity index (χ0) is 32.5. The average molecular weight is 654 g/mol. The number of amides is 1. The van der Waals surface area contributed by atoms with Crippen molar-refractivity contribution in [1.82, 2.24) is 35.4 Å². The van der Waals surface area contributed by atoms with Gasteiger partial charge in [0.05, 0.1) is 23.5 Å². The fraction of sp³-hybridized carbons (Fsp3) is 0.514. The van der Waals surface area contributed by atoms with Crippen LogP contribution in [0, 0.1) is 5.92 Å². The summed E-state index contributed by atoms with van der Waals surface area (Å²) in [5.41, 5.74) is 3.08. The number of benzene rings is 1. The van der Waals surface area contributed by atoms with Gasteiger partial charge in [0.1, 0.15) is 30.2 Å². The van der Waals surface area contributed by atoms with Crippen LogP contribution in [0.4, 0.5) is 0 Å². The molecule has 3 atom stereocenters. The van der Waals surface area contributed by atoms with Crippen LogP contribution in [0.3, 0.4) is 0 Å². The van der Waals surface area contributed by atoms with E-state index in [1.807, 2.05) is 42.5 Å². The molecule has 5 heterocycles. The molecule has 2 saturated heterocycles. The fourth-order valence-electron chi connectivity index (χ4n) is 7.19. The second-order valence-electron chi connectivity index (χ2n) is 13.3. The number of nitrogens with zero attached hydrogens (tertiary/aromatic N) is 5. The Kier molecular flexibility index (Phi) is 10.8. The van der Waals surface area contributed by atoms with Gasteiger partial charge in [0.2, 0.25) is 11.8 Å². The number of aromatic nitrogens is 3. The Morgan fingerprint density at radius 3 is 2.62 bits per heavy atom. The van der Waals surface area contributed by atoms with Gasteiger partial charge in [-0.3, -0.25) is 19.7 Å². The molecular weight excluding hydrogens is 606 g/mol. The number of fused-ring (bicyclic) bond motifs is 2. The standard InChI is InChI=1S/C37H47N7O4/c45-36(34-22-27-6-1-2-8-32(27)41-34)39-14-3-4-15-43-16-18-44(19-17-43)20-21-46-31-10-9-29(40-25-31)26-47-30-11-12-35-33(23-30)42-37(48-35)28-7-5-13-38-24-28/h5,7,9-13,23-25,27,32,34,41H,1-4,6,8,14-22,26H2,(H,39,45)/t27-,32-,34-/m0/s1. The first-order valence-electron chi connectivity index (χ1n) is 17.7. The quantitative estimate of drug-likeness (QED) is 0.186. The second kappa shape index (κ2) is 15.9. The Bertz CT molecular complexity index is 1590. The minimum Gasteiger partial charge on any atom is -0.491 e. The number of ether oxygens (including phenoxy) is 2. The van der Waals surface area contributed by atoms with E-state index in [9.17, 15) is 4.79 Å². The van der Waals surface area contributed by atoms with Crippen molar-refractivity contribution in [3.8, 4) is 23.0 Å². The Morgan fingerprint density at radius 1 is 0.958 bits per heavy atom. The molecule has 0 spiro atoms. The van der Waals surface area contributed by atoms with Gasteiger partial charge in [-0.15, -0.1) is 0 Å². The fourth-order valence-corrected chi connectivity index (χ4v) is 7.19. The van der Waals surface area contributed by atoms with Crippen LogP contribution in [-0.4, -0.2) is 95.2 Å². The van der Waals surface area contributed by atoms with Crippen LogP contribution < -0.4 is 20.1 Å². The van der Waals surface area contributed by atoms with E-state index in [4.69, 9.17) is 13.9 Å². The first-order valence-corrected chi connectivity index (χ1v) is 17.7. The van der Waals surface area contributed by atoms with Crippen molar-refractivity contribution >= 4 is 17.0 Å². The third-order valence-electron chi connectivity index (χ3n) is 9.97. The summed E-state index contributed by atoms with van der Waals surface area (Å²) in [4.78, 5) is 30.8. The molecule has 0 bridgehead atoms. The second-order valence-corrected chi connectivity index (χ2v) is 13.3. The van der Waals surface area contributed by atoms with Crippen molar-refractivity contribution in [3.63, 3.8) is 0 Å². The molecule has 1 amide bonds. The van der Waals surface area contributed by atoms with E-state index in [0.29, 0.717) is 42.4 Å². The largest absolute Gasteiger partial charge is 0.491 e. The van der Waals surface area contributed by atoms with Gasteiger partial charge in [0.25, 0.3) is 0 Å². The predicted molar refractivity (Wildman–Crippen MR) is 184 cm³/mol. The Labute approximate surface area is 282 Å². The molecule has 2 aliphatic heterocycles. The lowest BCUT2D eigenvalue weighted by Gasteiger charge is -2.34. The molecule has 3 fully saturated rings. The topological polar surface area (TPSA) is 118 Å². The van der Waals surface area contributed by atoms with Crippen molar-refractivity contribution in [1.29, 1.82) is 0 Å². The first kappa shape index (κ1) is 32.5. The lowest BCUT2D eigenvalue weighted by atomic mass is 9.85. The third-order valence-corrected chi connectivity index (χ3v) is 9.97. The van der Waals surface area contributed by atoms with Crippen LogP contribution in [0.5, 0.6) is 11.5 Å². The summed E-state index contributed by atoms with van der Waals surface area (Å²) >= 11 is 0. The lowest BCUT2D eigenvalue weighted by Crippen LogP contribution is -2.47. The van der Waals surface area contributed by atoms with Gasteiger partial charge >= 0.3 is 0 Å². The number of hydrogen-bond acceptors (Lipinski definition) is 10. The van der Waals surface area contributed by atoms with Gasteiger partial charge < -0.3 is 29.4 Å². The van der Waals surface area contributed by atoms with Crippen LogP contribution >= 0.6 is 0 Å². The van der Waals surface area contributed by atoms with Crippen LogP contribution in [0.15, 0.2) is 65.5 Å². The number of nitrogens with one attached hydrogen (secondary N) is 2. The number of unbranched alkanes of at least 4 members (excludes halogenated alkanes) is 1. The molecule has 1 aromatic carbocycles. The van der Waals surface area contributed by atoms with Crippen LogP contribution in [0.2, 0.25) is 0 Å². The van der Waals surface area contributed by atoms with E-state index in [0.717, 1.165) is 87.6 Å². The number of piperazine rings is 1. The molecule has 3 aliphatic rings. The Morgan fingerprint density at radius 2 is 1.81 bits per heavy atom. The Balaban J connectivity index is 0.743. The summed E-state index contributed by atoms with van der Waals surface area (Å²) in [6.07, 6.45) is 13.5. The van der Waals surface area contributed by atoms with Crippen LogP contribution in [-0.2, 0) is 11.4 Å². The molecule has 1 saturated carbocycles. The smallest absolute Gasteiger partial charge is 0.237 e. The summed E-state index contributed by atoms with van der Waals surface area (Å²) in [6.45, 7) is 8.00. The van der Waals surface area contributed by atoms with E-state index in [1.54, 1.807) is 18.6 Å². The number of rotatable bonds is 14. The molecule has 7 rings (SSSR count). The molecule has 0 radical (unpaired) electrons. The number of oxazole rings is 1. The molecule has 1 aliphatic carbocycles. The molecule has 3 aromatic heterocycles. The van der Waals surface area contributed by atoms with Crippen molar-refractivity contribution in [2.75, 3.05) is 52.4 Å². The first-order chi connectivity index (χ1) is 23.7. The summed E-state index contributed by atoms with van der Waals surface area (Å²) < 4.78 is 17.8. The van der Waals surface area contributed by atoms with Crippen molar-refractivity contribution in [3.05, 3.63) is 66.7 Å². The molecule has 254 valence electrons. The van der Waals surface area contributed by atoms with Gasteiger partial charge in [0, 0.05) is 63.8 Å². The highest BCUT2D eigenvalue weighted by Gasteiger charge is 2.38. The molecule has 11 heteroatoms. The van der Waals surface area contributed by atoms with Gasteiger partial charge in [0.15, 0.2) is 5.58 Å². The van der Waals surface area contributed by atoms with Gasteiger partial charge in [-0.1, -0.05) is 12.8 Å². The molecule has 11 nitrogen and oxygen atoms in total. The van der Waals surface area contributed by atoms with Gasteiger partial charge in [-0.05, 0) is 81.0 Å². The van der Waals surface area contributed by atoms with E-state index >= 15 is 0 Å². The Hall–Kier alpha value is -4.06. The van der Waals surface area contributed by atoms with E-state index in [2.05, 4.69) is 35.4 Å². The highest BCUT2D eigenvalue weighted by molar-refractivity contribution is 5.82. The van der Waals surface area contributed by atoms with Crippen LogP contribution in [0.25, 0.3) is 22.6 Å². The molecule has 4 aromatic rings. The highest BCUT2D eigenvalue weighted by Crippen LogP contribution is 2.33. The summed E-state index contributed by atoms with van der Waals surface area (Å²) in [6, 6.07) is 13.9. The zero-order valence-corrected chi connectivity index (χ0v) is 27.7. The normalized spacial score (nSPS) is 21.6. The number of carbonyl (C=O) groups is 1. The van der Waals surface area contributed by atoms with Crippen molar-refractivity contribution in [2.24, 2.45) is 5.92 Å². The van der Waals surface area contributed by atoms with E-state index in [-0.39, 0.29) is 11.9 Å². The maximum Gasteiger partial charge on any atom is 0.237 e. The summed E-state index contributed by atoms with van der Waals surface area (Å²) in [5.74, 6) is 2.91. The van der Waals surface area contributed by atoms with Crippen molar-refractivity contribution < 1.29 is 18.7 Å². The third kappa shape index (κ3) is 8.50. The minimum atomic E-state index is 0.0209. The molecule has 2 N–H and O–H groups in total. The maximum absolute atomic E-state index is 12.6. The predicted octanol–water partition coefficient (Wildman–Crippen LogP) is 4.68. The minimum absolute atomic E-state index is 0.0209. The maximum atomic E-state index is 12.6. The lowest BCUT2D eigenvalue weighted by molar-refractivity contribution is -0.122. The van der Waals surface area contributed by atoms with E-state index < -0.39 is 0 Å². The number of carbonyl (C=O) groups excluding carboxylic acids is 1. The summed E-state index contributed by atoms with van der Waals surface area (Å²) in [5, 5.41) is 6.77. The van der Waals surface area contributed by atoms with Gasteiger partial charge in [-0.25, -0.2) is 4.98 Å². The number of hydrogen-bond donors (Lipinski definition) is 2. The SMILES string of the molecule is O=C(NCCCCN1CCN(CCOc2ccc(COc3ccc4oc(-c5cccnc5)nc4c3)nc2)CC1)[C@@H]1C[C@@H]2CCCC[C@@H]2N1. The molecule has 48 heavy (non-hydrogen) atoms. The summed E-state index contributed by atoms with van der Waals surface area (Å²) in [7, 11) is 0. The van der Waals surface area contributed by atoms with Gasteiger partial charge in [-0.2, -0.15) is 0 Å². The number of pyridine rings is 2. The van der Waals surface area contributed by atoms with E-state index in [1.165, 1.54) is 25.7 Å². The highest BCUT2D eigenvalue weighted by atomic mass is 16.5. The molecule has 0 unspecified atom stereocenters. The zero-order valence-electron chi connectivity index (χ0n) is 27.7. The molecular formula is C37H47N7O4. The monoisotopic (exact) mass is 653 g/mol.